The lowest BCUT2D eigenvalue weighted by Gasteiger charge is -2.32. The number of aryl methyl sites for hydroxylation is 3. The Labute approximate surface area is 167 Å². The second-order valence-electron chi connectivity index (χ2n) is 7.15. The van der Waals surface area contributed by atoms with E-state index >= 15 is 0 Å². The number of carbonyl (C=O) groups excluding carboxylic acids is 1. The van der Waals surface area contributed by atoms with Gasteiger partial charge in [-0.15, -0.1) is 22.7 Å². The molecule has 1 aliphatic heterocycles. The van der Waals surface area contributed by atoms with Gasteiger partial charge in [-0.1, -0.05) is 0 Å². The van der Waals surface area contributed by atoms with Gasteiger partial charge in [0.05, 0.1) is 11.9 Å². The number of thiophene rings is 2. The van der Waals surface area contributed by atoms with E-state index in [2.05, 4.69) is 53.1 Å². The molecular formula is C20H24N4OS2. The van der Waals surface area contributed by atoms with Gasteiger partial charge in [0, 0.05) is 33.6 Å². The summed E-state index contributed by atoms with van der Waals surface area (Å²) in [5.41, 5.74) is 1.27. The minimum atomic E-state index is 0.0879. The van der Waals surface area contributed by atoms with Crippen LogP contribution in [-0.2, 0) is 11.3 Å². The van der Waals surface area contributed by atoms with Crippen molar-refractivity contribution in [1.29, 1.82) is 0 Å². The van der Waals surface area contributed by atoms with Crippen LogP contribution in [0.15, 0.2) is 18.5 Å². The number of carbonyl (C=O) groups is 1. The molecule has 1 aliphatic rings. The summed E-state index contributed by atoms with van der Waals surface area (Å²) in [5, 5.41) is 4.28. The number of fused-ring (bicyclic) bond motifs is 1. The first-order valence-electron chi connectivity index (χ1n) is 9.31. The zero-order valence-corrected chi connectivity index (χ0v) is 17.5. The molecule has 0 atom stereocenters. The molecule has 1 saturated heterocycles. The smallest absolute Gasteiger partial charge is 0.223 e. The predicted molar refractivity (Wildman–Crippen MR) is 113 cm³/mol. The summed E-state index contributed by atoms with van der Waals surface area (Å²) in [6.07, 6.45) is 3.39. The summed E-state index contributed by atoms with van der Waals surface area (Å²) < 4.78 is 0. The van der Waals surface area contributed by atoms with Crippen molar-refractivity contribution < 1.29 is 4.79 Å². The Hall–Kier alpha value is -1.99. The van der Waals surface area contributed by atoms with E-state index in [4.69, 9.17) is 0 Å². The Morgan fingerprint density at radius 1 is 1.19 bits per heavy atom. The zero-order valence-electron chi connectivity index (χ0n) is 15.9. The van der Waals surface area contributed by atoms with Gasteiger partial charge in [0.2, 0.25) is 5.91 Å². The van der Waals surface area contributed by atoms with E-state index in [9.17, 15) is 4.79 Å². The Bertz CT molecular complexity index is 970. The summed E-state index contributed by atoms with van der Waals surface area (Å²) in [6.45, 7) is 8.72. The predicted octanol–water partition coefficient (Wildman–Crippen LogP) is 4.21. The maximum atomic E-state index is 12.5. The lowest BCUT2D eigenvalue weighted by Crippen LogP contribution is -2.40. The molecule has 7 heteroatoms. The van der Waals surface area contributed by atoms with Gasteiger partial charge in [-0.3, -0.25) is 4.79 Å². The minimum absolute atomic E-state index is 0.0879. The van der Waals surface area contributed by atoms with Crippen LogP contribution < -0.4 is 10.2 Å². The maximum absolute atomic E-state index is 12.5. The number of amides is 1. The van der Waals surface area contributed by atoms with Crippen molar-refractivity contribution in [2.75, 3.05) is 18.0 Å². The molecule has 0 saturated carbocycles. The fraction of sp³-hybridized carbons (Fsp3) is 0.450. The van der Waals surface area contributed by atoms with Crippen LogP contribution in [0.3, 0.4) is 0 Å². The van der Waals surface area contributed by atoms with E-state index in [1.54, 1.807) is 29.0 Å². The summed E-state index contributed by atoms with van der Waals surface area (Å²) in [6, 6.07) is 4.19. The molecule has 3 aromatic rings. The number of aromatic nitrogens is 2. The quantitative estimate of drug-likeness (QED) is 0.713. The molecule has 27 heavy (non-hydrogen) atoms. The first kappa shape index (κ1) is 18.4. The monoisotopic (exact) mass is 400 g/mol. The van der Waals surface area contributed by atoms with Crippen molar-refractivity contribution in [3.63, 3.8) is 0 Å². The van der Waals surface area contributed by atoms with Crippen molar-refractivity contribution in [2.45, 2.75) is 40.2 Å². The minimum Gasteiger partial charge on any atom is -0.356 e. The van der Waals surface area contributed by atoms with E-state index in [1.165, 1.54) is 25.6 Å². The van der Waals surface area contributed by atoms with Gasteiger partial charge in [0.15, 0.2) is 0 Å². The highest BCUT2D eigenvalue weighted by Crippen LogP contribution is 2.35. The second-order valence-corrected chi connectivity index (χ2v) is 9.73. The zero-order chi connectivity index (χ0) is 19.0. The van der Waals surface area contributed by atoms with Gasteiger partial charge in [0.1, 0.15) is 17.0 Å². The van der Waals surface area contributed by atoms with Gasteiger partial charge in [-0.25, -0.2) is 9.97 Å². The number of hydrogen-bond acceptors (Lipinski definition) is 6. The normalized spacial score (nSPS) is 15.4. The third kappa shape index (κ3) is 3.71. The van der Waals surface area contributed by atoms with E-state index in [0.717, 1.165) is 36.6 Å². The van der Waals surface area contributed by atoms with Crippen LogP contribution >= 0.6 is 22.7 Å². The fourth-order valence-electron chi connectivity index (χ4n) is 3.66. The van der Waals surface area contributed by atoms with Gasteiger partial charge >= 0.3 is 0 Å². The first-order valence-corrected chi connectivity index (χ1v) is 10.9. The lowest BCUT2D eigenvalue weighted by atomic mass is 9.95. The molecule has 5 nitrogen and oxygen atoms in total. The van der Waals surface area contributed by atoms with Crippen LogP contribution in [0.5, 0.6) is 0 Å². The Balaban J connectivity index is 1.40. The third-order valence-electron chi connectivity index (χ3n) is 5.34. The van der Waals surface area contributed by atoms with Crippen molar-refractivity contribution in [3.8, 4) is 0 Å². The molecule has 4 heterocycles. The first-order chi connectivity index (χ1) is 13.0. The summed E-state index contributed by atoms with van der Waals surface area (Å²) >= 11 is 3.47. The number of rotatable bonds is 4. The summed E-state index contributed by atoms with van der Waals surface area (Å²) in [4.78, 5) is 28.7. The molecule has 4 rings (SSSR count). The molecule has 0 unspecified atom stereocenters. The standard InChI is InChI=1S/C20H24N4OS2/c1-12-4-5-16(26-12)10-21-19(25)15-6-8-24(9-7-15)18-17-13(2)14(3)27-20(17)23-11-22-18/h4-5,11,15H,6-10H2,1-3H3,(H,21,25). The fourth-order valence-corrected chi connectivity index (χ4v) is 5.48. The van der Waals surface area contributed by atoms with E-state index in [0.29, 0.717) is 6.54 Å². The highest BCUT2D eigenvalue weighted by molar-refractivity contribution is 7.18. The molecular weight excluding hydrogens is 376 g/mol. The molecule has 0 radical (unpaired) electrons. The van der Waals surface area contributed by atoms with Crippen molar-refractivity contribution in [1.82, 2.24) is 15.3 Å². The van der Waals surface area contributed by atoms with Crippen LogP contribution in [0.1, 0.15) is 33.0 Å². The molecule has 0 aliphatic carbocycles. The average molecular weight is 401 g/mol. The Morgan fingerprint density at radius 2 is 1.96 bits per heavy atom. The second kappa shape index (κ2) is 7.56. The number of nitrogens with one attached hydrogen (secondary N) is 1. The Kier molecular flexibility index (Phi) is 5.14. The van der Waals surface area contributed by atoms with Gasteiger partial charge in [-0.05, 0) is 51.3 Å². The van der Waals surface area contributed by atoms with Crippen LogP contribution in [0.25, 0.3) is 10.2 Å². The SMILES string of the molecule is Cc1ccc(CNC(=O)C2CCN(c3ncnc4sc(C)c(C)c34)CC2)s1. The molecule has 142 valence electrons. The number of anilines is 1. The van der Waals surface area contributed by atoms with E-state index in [-0.39, 0.29) is 11.8 Å². The van der Waals surface area contributed by atoms with Gasteiger partial charge in [-0.2, -0.15) is 0 Å². The summed E-state index contributed by atoms with van der Waals surface area (Å²) in [7, 11) is 0. The third-order valence-corrected chi connectivity index (χ3v) is 7.46. The van der Waals surface area contributed by atoms with Crippen LogP contribution in [0, 0.1) is 26.7 Å². The highest BCUT2D eigenvalue weighted by Gasteiger charge is 2.27. The van der Waals surface area contributed by atoms with Crippen LogP contribution in [-0.4, -0.2) is 29.0 Å². The number of hydrogen-bond donors (Lipinski definition) is 1. The van der Waals surface area contributed by atoms with Gasteiger partial charge < -0.3 is 10.2 Å². The lowest BCUT2D eigenvalue weighted by molar-refractivity contribution is -0.125. The molecule has 0 aromatic carbocycles. The Morgan fingerprint density at radius 3 is 2.67 bits per heavy atom. The highest BCUT2D eigenvalue weighted by atomic mass is 32.1. The maximum Gasteiger partial charge on any atom is 0.223 e. The number of piperidine rings is 1. The van der Waals surface area contributed by atoms with Crippen molar-refractivity contribution in [3.05, 3.63) is 38.7 Å². The molecule has 1 amide bonds. The molecule has 1 fully saturated rings. The van der Waals surface area contributed by atoms with E-state index in [1.807, 2.05) is 0 Å². The average Bonchev–Trinajstić information content (AvgIpc) is 3.22. The molecule has 0 spiro atoms. The largest absolute Gasteiger partial charge is 0.356 e. The van der Waals surface area contributed by atoms with E-state index < -0.39 is 0 Å². The molecule has 0 bridgehead atoms. The van der Waals surface area contributed by atoms with Crippen LogP contribution in [0.2, 0.25) is 0 Å². The van der Waals surface area contributed by atoms with Crippen molar-refractivity contribution >= 4 is 44.6 Å². The molecule has 1 N–H and O–H groups in total. The van der Waals surface area contributed by atoms with Gasteiger partial charge in [0.25, 0.3) is 0 Å². The van der Waals surface area contributed by atoms with Crippen LogP contribution in [0.4, 0.5) is 5.82 Å². The van der Waals surface area contributed by atoms with Crippen molar-refractivity contribution in [2.24, 2.45) is 5.92 Å². The molecule has 3 aromatic heterocycles. The summed E-state index contributed by atoms with van der Waals surface area (Å²) in [5.74, 6) is 1.29. The topological polar surface area (TPSA) is 58.1 Å². The number of nitrogens with zero attached hydrogens (tertiary/aromatic N) is 3.